The third-order valence-corrected chi connectivity index (χ3v) is 3.00. The lowest BCUT2D eigenvalue weighted by molar-refractivity contribution is -0.0672. The van der Waals surface area contributed by atoms with Crippen LogP contribution in [0.25, 0.3) is 0 Å². The molecule has 3 heteroatoms. The van der Waals surface area contributed by atoms with Crippen molar-refractivity contribution in [3.05, 3.63) is 0 Å². The molecule has 1 saturated carbocycles. The Labute approximate surface area is 66.0 Å². The predicted octanol–water partition coefficient (Wildman–Crippen LogP) is -0.237. The average molecular weight is 158 g/mol. The lowest BCUT2D eigenvalue weighted by Crippen LogP contribution is -2.44. The van der Waals surface area contributed by atoms with Crippen LogP contribution in [-0.4, -0.2) is 35.1 Å². The fraction of sp³-hybridized carbons (Fsp3) is 1.00. The number of aliphatic hydroxyl groups excluding tert-OH is 2. The minimum absolute atomic E-state index is 0.0154. The summed E-state index contributed by atoms with van der Waals surface area (Å²) in [7, 11) is 0. The van der Waals surface area contributed by atoms with Crippen molar-refractivity contribution in [2.45, 2.75) is 31.7 Å². The van der Waals surface area contributed by atoms with Crippen LogP contribution in [0.1, 0.15) is 13.3 Å². The standard InChI is InChI=1S/C8H14O3/c1-4-7(9)5-2-6(8(4)10)11-3-5/h4-10H,2-3H2,1H3/t4-,5?,6+,7-,8?/m0/s1. The molecule has 2 unspecified atom stereocenters. The van der Waals surface area contributed by atoms with Crippen molar-refractivity contribution in [2.75, 3.05) is 6.61 Å². The van der Waals surface area contributed by atoms with E-state index in [1.807, 2.05) is 6.92 Å². The number of hydrogen-bond acceptors (Lipinski definition) is 3. The van der Waals surface area contributed by atoms with E-state index in [-0.39, 0.29) is 24.0 Å². The summed E-state index contributed by atoms with van der Waals surface area (Å²) in [6.45, 7) is 2.50. The minimum atomic E-state index is -0.469. The van der Waals surface area contributed by atoms with E-state index in [9.17, 15) is 10.2 Å². The molecule has 0 aromatic heterocycles. The molecule has 2 bridgehead atoms. The van der Waals surface area contributed by atoms with Crippen LogP contribution in [0.5, 0.6) is 0 Å². The highest BCUT2D eigenvalue weighted by Gasteiger charge is 2.45. The highest BCUT2D eigenvalue weighted by Crippen LogP contribution is 2.36. The Hall–Kier alpha value is -0.120. The van der Waals surface area contributed by atoms with Gasteiger partial charge in [-0.2, -0.15) is 0 Å². The molecule has 1 aliphatic heterocycles. The van der Waals surface area contributed by atoms with E-state index in [4.69, 9.17) is 4.74 Å². The van der Waals surface area contributed by atoms with Crippen molar-refractivity contribution in [1.82, 2.24) is 0 Å². The summed E-state index contributed by atoms with van der Waals surface area (Å²) in [4.78, 5) is 0. The fourth-order valence-electron chi connectivity index (χ4n) is 2.13. The van der Waals surface area contributed by atoms with Crippen LogP contribution in [0, 0.1) is 11.8 Å². The van der Waals surface area contributed by atoms with Crippen LogP contribution < -0.4 is 0 Å². The first-order valence-electron chi connectivity index (χ1n) is 4.18. The zero-order valence-corrected chi connectivity index (χ0v) is 6.60. The van der Waals surface area contributed by atoms with E-state index >= 15 is 0 Å². The third-order valence-electron chi connectivity index (χ3n) is 3.00. The first-order chi connectivity index (χ1) is 5.20. The first kappa shape index (κ1) is 7.53. The number of aliphatic hydroxyl groups is 2. The molecular formula is C8H14O3. The molecule has 5 atom stereocenters. The van der Waals surface area contributed by atoms with Gasteiger partial charge in [-0.15, -0.1) is 0 Å². The van der Waals surface area contributed by atoms with E-state index in [0.29, 0.717) is 6.61 Å². The van der Waals surface area contributed by atoms with Crippen LogP contribution in [0.15, 0.2) is 0 Å². The molecule has 0 aromatic carbocycles. The quantitative estimate of drug-likeness (QED) is 0.511. The molecule has 3 nitrogen and oxygen atoms in total. The zero-order valence-electron chi connectivity index (χ0n) is 6.60. The van der Waals surface area contributed by atoms with Crippen LogP contribution in [-0.2, 0) is 4.74 Å². The van der Waals surface area contributed by atoms with Gasteiger partial charge in [-0.05, 0) is 6.42 Å². The SMILES string of the molecule is C[C@@H]1C(O)[C@H]2CC(CO2)[C@H]1O. The average Bonchev–Trinajstić information content (AvgIpc) is 2.44. The van der Waals surface area contributed by atoms with E-state index in [2.05, 4.69) is 0 Å². The summed E-state index contributed by atoms with van der Waals surface area (Å²) >= 11 is 0. The summed E-state index contributed by atoms with van der Waals surface area (Å²) in [5, 5.41) is 19.1. The lowest BCUT2D eigenvalue weighted by atomic mass is 9.78. The smallest absolute Gasteiger partial charge is 0.0852 e. The second-order valence-electron chi connectivity index (χ2n) is 3.71. The van der Waals surface area contributed by atoms with Crippen molar-refractivity contribution in [3.63, 3.8) is 0 Å². The second-order valence-corrected chi connectivity index (χ2v) is 3.71. The van der Waals surface area contributed by atoms with Crippen LogP contribution in [0.2, 0.25) is 0 Å². The normalized spacial score (nSPS) is 56.5. The Morgan fingerprint density at radius 2 is 2.00 bits per heavy atom. The van der Waals surface area contributed by atoms with E-state index in [1.165, 1.54) is 0 Å². The number of ether oxygens (including phenoxy) is 1. The van der Waals surface area contributed by atoms with E-state index in [0.717, 1.165) is 6.42 Å². The molecule has 1 aliphatic carbocycles. The zero-order chi connectivity index (χ0) is 8.01. The van der Waals surface area contributed by atoms with Gasteiger partial charge in [0.05, 0.1) is 24.9 Å². The minimum Gasteiger partial charge on any atom is -0.392 e. The van der Waals surface area contributed by atoms with Crippen LogP contribution in [0.4, 0.5) is 0 Å². The molecule has 0 aromatic rings. The van der Waals surface area contributed by atoms with E-state index < -0.39 is 6.10 Å². The Morgan fingerprint density at radius 3 is 2.73 bits per heavy atom. The predicted molar refractivity (Wildman–Crippen MR) is 39.0 cm³/mol. The van der Waals surface area contributed by atoms with Crippen molar-refractivity contribution >= 4 is 0 Å². The molecule has 0 radical (unpaired) electrons. The molecule has 2 rings (SSSR count). The van der Waals surface area contributed by atoms with Gasteiger partial charge in [0.15, 0.2) is 0 Å². The van der Waals surface area contributed by atoms with Gasteiger partial charge in [0.2, 0.25) is 0 Å². The van der Waals surface area contributed by atoms with Gasteiger partial charge in [-0.3, -0.25) is 0 Å². The van der Waals surface area contributed by atoms with Gasteiger partial charge in [0, 0.05) is 11.8 Å². The van der Waals surface area contributed by atoms with Crippen molar-refractivity contribution in [2.24, 2.45) is 11.8 Å². The van der Waals surface area contributed by atoms with Crippen LogP contribution in [0.3, 0.4) is 0 Å². The summed E-state index contributed by atoms with van der Waals surface area (Å²) in [6, 6.07) is 0. The van der Waals surface area contributed by atoms with Crippen molar-refractivity contribution in [1.29, 1.82) is 0 Å². The van der Waals surface area contributed by atoms with Gasteiger partial charge < -0.3 is 14.9 Å². The van der Waals surface area contributed by atoms with Crippen molar-refractivity contribution in [3.8, 4) is 0 Å². The molecule has 2 fully saturated rings. The highest BCUT2D eigenvalue weighted by molar-refractivity contribution is 4.94. The topological polar surface area (TPSA) is 49.7 Å². The molecule has 11 heavy (non-hydrogen) atoms. The number of rotatable bonds is 0. The van der Waals surface area contributed by atoms with Gasteiger partial charge in [0.1, 0.15) is 0 Å². The molecule has 2 aliphatic rings. The Kier molecular flexibility index (Phi) is 1.67. The maximum atomic E-state index is 9.59. The summed E-state index contributed by atoms with van der Waals surface area (Å²) in [5.74, 6) is 0.236. The molecule has 1 heterocycles. The maximum absolute atomic E-state index is 9.59. The monoisotopic (exact) mass is 158 g/mol. The molecular weight excluding hydrogens is 144 g/mol. The largest absolute Gasteiger partial charge is 0.392 e. The van der Waals surface area contributed by atoms with Gasteiger partial charge >= 0.3 is 0 Å². The fourth-order valence-corrected chi connectivity index (χ4v) is 2.13. The summed E-state index contributed by atoms with van der Waals surface area (Å²) < 4.78 is 5.32. The van der Waals surface area contributed by atoms with E-state index in [1.54, 1.807) is 0 Å². The Balaban J connectivity index is 2.16. The molecule has 64 valence electrons. The first-order valence-corrected chi connectivity index (χ1v) is 4.18. The highest BCUT2D eigenvalue weighted by atomic mass is 16.5. The number of hydrogen-bond donors (Lipinski definition) is 2. The lowest BCUT2D eigenvalue weighted by Gasteiger charge is -2.33. The maximum Gasteiger partial charge on any atom is 0.0852 e. The molecule has 1 saturated heterocycles. The summed E-state index contributed by atoms with van der Waals surface area (Å²) in [5.41, 5.74) is 0. The summed E-state index contributed by atoms with van der Waals surface area (Å²) in [6.07, 6.45) is -0.0296. The molecule has 0 amide bonds. The van der Waals surface area contributed by atoms with Crippen molar-refractivity contribution < 1.29 is 14.9 Å². The van der Waals surface area contributed by atoms with Crippen LogP contribution >= 0.6 is 0 Å². The van der Waals surface area contributed by atoms with Gasteiger partial charge in [-0.25, -0.2) is 0 Å². The second kappa shape index (κ2) is 2.44. The third kappa shape index (κ3) is 0.991. The van der Waals surface area contributed by atoms with Gasteiger partial charge in [0.25, 0.3) is 0 Å². The Morgan fingerprint density at radius 1 is 1.27 bits per heavy atom. The Bertz CT molecular complexity index is 139. The molecule has 2 N–H and O–H groups in total. The number of fused-ring (bicyclic) bond motifs is 2. The molecule has 0 spiro atoms. The van der Waals surface area contributed by atoms with Gasteiger partial charge in [-0.1, -0.05) is 6.92 Å².